The van der Waals surface area contributed by atoms with Crippen LogP contribution in [0.4, 0.5) is 5.82 Å². The molecule has 1 saturated carbocycles. The van der Waals surface area contributed by atoms with Crippen LogP contribution in [-0.4, -0.2) is 27.6 Å². The summed E-state index contributed by atoms with van der Waals surface area (Å²) < 4.78 is 1.64. The van der Waals surface area contributed by atoms with Gasteiger partial charge in [-0.05, 0) is 49.3 Å². The van der Waals surface area contributed by atoms with Crippen molar-refractivity contribution in [3.8, 4) is 11.1 Å². The Labute approximate surface area is 165 Å². The third-order valence-electron chi connectivity index (χ3n) is 7.02. The van der Waals surface area contributed by atoms with E-state index in [9.17, 15) is 4.79 Å². The van der Waals surface area contributed by atoms with Gasteiger partial charge in [-0.15, -0.1) is 0 Å². The minimum absolute atomic E-state index is 0.00159. The SMILES string of the molecule is Cn1cc(-c2ccc(N3CCC4(CCCCC4)CC3)nc2)c2cc[nH]c2c1=O. The highest BCUT2D eigenvalue weighted by Crippen LogP contribution is 2.45. The van der Waals surface area contributed by atoms with E-state index in [2.05, 4.69) is 22.0 Å². The summed E-state index contributed by atoms with van der Waals surface area (Å²) in [5.74, 6) is 1.07. The molecule has 1 aliphatic carbocycles. The van der Waals surface area contributed by atoms with Gasteiger partial charge in [0.1, 0.15) is 11.3 Å². The fourth-order valence-corrected chi connectivity index (χ4v) is 5.24. The fraction of sp³-hybridized carbons (Fsp3) is 0.478. The molecule has 0 atom stereocenters. The topological polar surface area (TPSA) is 53.9 Å². The van der Waals surface area contributed by atoms with Crippen LogP contribution < -0.4 is 10.5 Å². The lowest BCUT2D eigenvalue weighted by molar-refractivity contribution is 0.144. The van der Waals surface area contributed by atoms with Gasteiger partial charge in [0.05, 0.1) is 0 Å². The predicted octanol–water partition coefficient (Wildman–Crippen LogP) is 4.48. The first kappa shape index (κ1) is 17.5. The number of fused-ring (bicyclic) bond motifs is 1. The van der Waals surface area contributed by atoms with Crippen molar-refractivity contribution in [3.63, 3.8) is 0 Å². The first-order valence-electron chi connectivity index (χ1n) is 10.5. The standard InChI is InChI=1S/C23H28N4O/c1-26-16-19(18-7-12-24-21(18)22(26)28)17-5-6-20(25-15-17)27-13-10-23(11-14-27)8-3-2-4-9-23/h5-7,12,15-16,24H,2-4,8-11,13-14H2,1H3. The highest BCUT2D eigenvalue weighted by molar-refractivity contribution is 5.94. The molecule has 0 bridgehead atoms. The number of aromatic nitrogens is 3. The molecule has 2 aliphatic rings. The number of aryl methyl sites for hydroxylation is 1. The number of pyridine rings is 2. The number of hydrogen-bond donors (Lipinski definition) is 1. The van der Waals surface area contributed by atoms with Gasteiger partial charge in [0.25, 0.3) is 5.56 Å². The second-order valence-electron chi connectivity index (χ2n) is 8.68. The van der Waals surface area contributed by atoms with Gasteiger partial charge in [-0.25, -0.2) is 4.98 Å². The van der Waals surface area contributed by atoms with Crippen LogP contribution in [-0.2, 0) is 7.05 Å². The third kappa shape index (κ3) is 2.93. The number of nitrogens with zero attached hydrogens (tertiary/aromatic N) is 3. The fourth-order valence-electron chi connectivity index (χ4n) is 5.24. The van der Waals surface area contributed by atoms with Crippen LogP contribution in [0, 0.1) is 5.41 Å². The van der Waals surface area contributed by atoms with Crippen LogP contribution in [0.2, 0.25) is 0 Å². The molecule has 0 unspecified atom stereocenters. The Morgan fingerprint density at radius 3 is 2.54 bits per heavy atom. The Balaban J connectivity index is 1.38. The van der Waals surface area contributed by atoms with Crippen LogP contribution in [0.15, 0.2) is 41.6 Å². The zero-order valence-electron chi connectivity index (χ0n) is 16.6. The molecule has 0 amide bonds. The molecule has 0 aromatic carbocycles. The van der Waals surface area contributed by atoms with E-state index in [1.165, 1.54) is 44.9 Å². The smallest absolute Gasteiger partial charge is 0.274 e. The van der Waals surface area contributed by atoms with Crippen molar-refractivity contribution in [1.82, 2.24) is 14.5 Å². The summed E-state index contributed by atoms with van der Waals surface area (Å²) >= 11 is 0. The first-order valence-corrected chi connectivity index (χ1v) is 10.5. The van der Waals surface area contributed by atoms with Crippen molar-refractivity contribution in [1.29, 1.82) is 0 Å². The molecule has 1 spiro atoms. The number of rotatable bonds is 2. The normalized spacial score (nSPS) is 19.4. The van der Waals surface area contributed by atoms with Crippen molar-refractivity contribution in [3.05, 3.63) is 47.1 Å². The van der Waals surface area contributed by atoms with E-state index in [1.807, 2.05) is 24.7 Å². The highest BCUT2D eigenvalue weighted by atomic mass is 16.1. The molecule has 28 heavy (non-hydrogen) atoms. The molecule has 0 radical (unpaired) electrons. The molecule has 1 aliphatic heterocycles. The van der Waals surface area contributed by atoms with Gasteiger partial charge in [0, 0.05) is 55.2 Å². The van der Waals surface area contributed by atoms with Crippen LogP contribution in [0.25, 0.3) is 22.0 Å². The molecular weight excluding hydrogens is 348 g/mol. The Kier molecular flexibility index (Phi) is 4.26. The maximum Gasteiger partial charge on any atom is 0.274 e. The van der Waals surface area contributed by atoms with E-state index in [-0.39, 0.29) is 5.56 Å². The lowest BCUT2D eigenvalue weighted by atomic mass is 9.68. The summed E-state index contributed by atoms with van der Waals surface area (Å²) in [6.45, 7) is 2.24. The molecule has 1 saturated heterocycles. The predicted molar refractivity (Wildman–Crippen MR) is 114 cm³/mol. The van der Waals surface area contributed by atoms with Crippen LogP contribution >= 0.6 is 0 Å². The summed E-state index contributed by atoms with van der Waals surface area (Å²) in [5, 5.41) is 0.954. The number of aromatic amines is 1. The monoisotopic (exact) mass is 376 g/mol. The van der Waals surface area contributed by atoms with Crippen LogP contribution in [0.1, 0.15) is 44.9 Å². The van der Waals surface area contributed by atoms with E-state index < -0.39 is 0 Å². The Bertz CT molecular complexity index is 1030. The van der Waals surface area contributed by atoms with Gasteiger partial charge >= 0.3 is 0 Å². The number of piperidine rings is 1. The molecule has 5 heteroatoms. The van der Waals surface area contributed by atoms with Gasteiger partial charge in [0.2, 0.25) is 0 Å². The van der Waals surface area contributed by atoms with Gasteiger partial charge in [0.15, 0.2) is 0 Å². The number of H-pyrrole nitrogens is 1. The molecule has 3 aromatic rings. The van der Waals surface area contributed by atoms with Crippen LogP contribution in [0.5, 0.6) is 0 Å². The molecule has 5 nitrogen and oxygen atoms in total. The number of hydrogen-bond acceptors (Lipinski definition) is 3. The third-order valence-corrected chi connectivity index (χ3v) is 7.02. The van der Waals surface area contributed by atoms with Crippen LogP contribution in [0.3, 0.4) is 0 Å². The lowest BCUT2D eigenvalue weighted by Gasteiger charge is -2.44. The minimum atomic E-state index is -0.00159. The Morgan fingerprint density at radius 2 is 1.82 bits per heavy atom. The summed E-state index contributed by atoms with van der Waals surface area (Å²) in [7, 11) is 1.79. The van der Waals surface area contributed by atoms with Crippen molar-refractivity contribution in [2.45, 2.75) is 44.9 Å². The van der Waals surface area contributed by atoms with Gasteiger partial charge in [-0.1, -0.05) is 19.3 Å². The molecular formula is C23H28N4O. The largest absolute Gasteiger partial charge is 0.357 e. The maximum absolute atomic E-state index is 12.3. The minimum Gasteiger partial charge on any atom is -0.357 e. The zero-order valence-corrected chi connectivity index (χ0v) is 16.6. The second-order valence-corrected chi connectivity index (χ2v) is 8.68. The van der Waals surface area contributed by atoms with E-state index >= 15 is 0 Å². The lowest BCUT2D eigenvalue weighted by Crippen LogP contribution is -2.41. The summed E-state index contributed by atoms with van der Waals surface area (Å²) in [4.78, 5) is 22.6. The number of nitrogens with one attached hydrogen (secondary N) is 1. The van der Waals surface area contributed by atoms with Gasteiger partial charge < -0.3 is 14.5 Å². The van der Waals surface area contributed by atoms with Crippen molar-refractivity contribution in [2.75, 3.05) is 18.0 Å². The quantitative estimate of drug-likeness (QED) is 0.717. The van der Waals surface area contributed by atoms with Crippen molar-refractivity contribution < 1.29 is 0 Å². The molecule has 2 fully saturated rings. The van der Waals surface area contributed by atoms with E-state index in [1.54, 1.807) is 11.6 Å². The summed E-state index contributed by atoms with van der Waals surface area (Å²) in [6.07, 6.45) is 15.4. The average Bonchev–Trinajstić information content (AvgIpc) is 3.22. The van der Waals surface area contributed by atoms with Gasteiger partial charge in [-0.2, -0.15) is 0 Å². The van der Waals surface area contributed by atoms with E-state index in [4.69, 9.17) is 4.98 Å². The molecule has 1 N–H and O–H groups in total. The van der Waals surface area contributed by atoms with E-state index in [0.717, 1.165) is 35.4 Å². The molecule has 5 rings (SSSR count). The summed E-state index contributed by atoms with van der Waals surface area (Å²) in [5.41, 5.74) is 3.35. The highest BCUT2D eigenvalue weighted by Gasteiger charge is 2.35. The zero-order chi connectivity index (χ0) is 19.1. The van der Waals surface area contributed by atoms with Crippen molar-refractivity contribution >= 4 is 16.7 Å². The van der Waals surface area contributed by atoms with Gasteiger partial charge in [-0.3, -0.25) is 4.79 Å². The Morgan fingerprint density at radius 1 is 1.04 bits per heavy atom. The number of anilines is 1. The molecule has 3 aromatic heterocycles. The van der Waals surface area contributed by atoms with E-state index in [0.29, 0.717) is 10.9 Å². The van der Waals surface area contributed by atoms with Crippen molar-refractivity contribution in [2.24, 2.45) is 12.5 Å². The Hall–Kier alpha value is -2.56. The maximum atomic E-state index is 12.3. The second kappa shape index (κ2) is 6.80. The molecule has 4 heterocycles. The average molecular weight is 377 g/mol. The molecule has 146 valence electrons. The summed E-state index contributed by atoms with van der Waals surface area (Å²) in [6, 6.07) is 6.24. The first-order chi connectivity index (χ1) is 13.7.